The normalized spacial score (nSPS) is 10.4. The van der Waals surface area contributed by atoms with Crippen molar-refractivity contribution in [3.8, 4) is 0 Å². The highest BCUT2D eigenvalue weighted by atomic mass is 35.5. The third kappa shape index (κ3) is 4.51. The van der Waals surface area contributed by atoms with E-state index in [1.54, 1.807) is 45.5 Å². The number of carbonyl (C=O) groups excluding carboxylic acids is 2. The Morgan fingerprint density at radius 1 is 1.28 bits per heavy atom. The number of aromatic nitrogens is 2. The van der Waals surface area contributed by atoms with E-state index in [2.05, 4.69) is 10.3 Å². The lowest BCUT2D eigenvalue weighted by molar-refractivity contribution is 0.0828. The van der Waals surface area contributed by atoms with Crippen LogP contribution in [0.15, 0.2) is 30.6 Å². The number of halogens is 1. The third-order valence-electron chi connectivity index (χ3n) is 3.72. The van der Waals surface area contributed by atoms with Crippen LogP contribution < -0.4 is 5.32 Å². The monoisotopic (exact) mass is 363 g/mol. The second kappa shape index (κ2) is 8.02. The molecular formula is C17H22ClN5O2. The molecule has 2 aromatic rings. The molecule has 134 valence electrons. The van der Waals surface area contributed by atoms with E-state index in [9.17, 15) is 9.59 Å². The minimum Gasteiger partial charge on any atom is -0.345 e. The van der Waals surface area contributed by atoms with E-state index in [4.69, 9.17) is 11.6 Å². The third-order valence-corrected chi connectivity index (χ3v) is 4.04. The predicted octanol–water partition coefficient (Wildman–Crippen LogP) is 2.92. The number of rotatable bonds is 5. The number of amides is 3. The Bertz CT molecular complexity index is 772. The molecule has 25 heavy (non-hydrogen) atoms. The molecule has 0 spiro atoms. The van der Waals surface area contributed by atoms with E-state index in [0.29, 0.717) is 22.8 Å². The van der Waals surface area contributed by atoms with Gasteiger partial charge in [0.2, 0.25) is 0 Å². The average molecular weight is 364 g/mol. The fourth-order valence-corrected chi connectivity index (χ4v) is 2.55. The summed E-state index contributed by atoms with van der Waals surface area (Å²) >= 11 is 6.16. The number of aryl methyl sites for hydroxylation is 1. The van der Waals surface area contributed by atoms with Crippen LogP contribution in [0, 0.1) is 0 Å². The smallest absolute Gasteiger partial charge is 0.321 e. The van der Waals surface area contributed by atoms with E-state index >= 15 is 0 Å². The van der Waals surface area contributed by atoms with Crippen LogP contribution in [-0.2, 0) is 13.1 Å². The topological polar surface area (TPSA) is 70.5 Å². The summed E-state index contributed by atoms with van der Waals surface area (Å²) in [6.45, 7) is 3.20. The standard InChI is InChI=1S/C17H22ClN5O2/c1-5-23-9-8-19-15(23)11-22(4)17(25)20-12-6-7-13(14(18)10-12)16(24)21(2)3/h6-10H,5,11H2,1-4H3,(H,20,25). The number of benzene rings is 1. The molecule has 0 saturated carbocycles. The van der Waals surface area contributed by atoms with Crippen LogP contribution in [0.5, 0.6) is 0 Å². The molecule has 0 unspecified atom stereocenters. The van der Waals surface area contributed by atoms with Gasteiger partial charge in [-0.25, -0.2) is 9.78 Å². The van der Waals surface area contributed by atoms with Crippen molar-refractivity contribution in [2.75, 3.05) is 26.5 Å². The Labute approximate surface area is 152 Å². The van der Waals surface area contributed by atoms with Crippen LogP contribution in [0.2, 0.25) is 5.02 Å². The zero-order chi connectivity index (χ0) is 18.6. The molecule has 2 rings (SSSR count). The zero-order valence-electron chi connectivity index (χ0n) is 14.8. The molecule has 0 aliphatic carbocycles. The Hall–Kier alpha value is -2.54. The van der Waals surface area contributed by atoms with Crippen LogP contribution in [0.4, 0.5) is 10.5 Å². The van der Waals surface area contributed by atoms with Gasteiger partial charge in [-0.2, -0.15) is 0 Å². The van der Waals surface area contributed by atoms with Crippen molar-refractivity contribution in [2.45, 2.75) is 20.0 Å². The second-order valence-electron chi connectivity index (χ2n) is 5.81. The molecule has 1 N–H and O–H groups in total. The SMILES string of the molecule is CCn1ccnc1CN(C)C(=O)Nc1ccc(C(=O)N(C)C)c(Cl)c1. The van der Waals surface area contributed by atoms with Gasteiger partial charge in [0.25, 0.3) is 5.91 Å². The van der Waals surface area contributed by atoms with Crippen LogP contribution in [0.3, 0.4) is 0 Å². The fourth-order valence-electron chi connectivity index (χ4n) is 2.29. The molecule has 0 fully saturated rings. The van der Waals surface area contributed by atoms with Gasteiger partial charge in [-0.1, -0.05) is 11.6 Å². The van der Waals surface area contributed by atoms with E-state index in [0.717, 1.165) is 12.4 Å². The number of urea groups is 1. The van der Waals surface area contributed by atoms with Crippen molar-refractivity contribution in [3.63, 3.8) is 0 Å². The maximum absolute atomic E-state index is 12.3. The summed E-state index contributed by atoms with van der Waals surface area (Å²) < 4.78 is 1.97. The highest BCUT2D eigenvalue weighted by molar-refractivity contribution is 6.34. The molecule has 0 aliphatic rings. The first-order valence-electron chi connectivity index (χ1n) is 7.86. The van der Waals surface area contributed by atoms with Gasteiger partial charge >= 0.3 is 6.03 Å². The summed E-state index contributed by atoms with van der Waals surface area (Å²) in [6.07, 6.45) is 3.59. The minimum absolute atomic E-state index is 0.189. The van der Waals surface area contributed by atoms with Crippen molar-refractivity contribution in [1.82, 2.24) is 19.4 Å². The van der Waals surface area contributed by atoms with Crippen LogP contribution in [-0.4, -0.2) is 52.4 Å². The number of carbonyl (C=O) groups is 2. The van der Waals surface area contributed by atoms with E-state index in [1.165, 1.54) is 9.80 Å². The number of anilines is 1. The minimum atomic E-state index is -0.284. The highest BCUT2D eigenvalue weighted by Gasteiger charge is 2.15. The largest absolute Gasteiger partial charge is 0.345 e. The quantitative estimate of drug-likeness (QED) is 0.887. The summed E-state index contributed by atoms with van der Waals surface area (Å²) in [5.41, 5.74) is 0.916. The first-order valence-corrected chi connectivity index (χ1v) is 8.24. The first kappa shape index (κ1) is 18.8. The molecule has 1 heterocycles. The molecule has 1 aromatic carbocycles. The van der Waals surface area contributed by atoms with Gasteiger partial charge in [0.1, 0.15) is 5.82 Å². The summed E-state index contributed by atoms with van der Waals surface area (Å²) in [5, 5.41) is 3.06. The van der Waals surface area contributed by atoms with E-state index < -0.39 is 0 Å². The lowest BCUT2D eigenvalue weighted by Gasteiger charge is -2.19. The molecule has 3 amide bonds. The van der Waals surface area contributed by atoms with E-state index in [1.807, 2.05) is 17.7 Å². The molecule has 8 heteroatoms. The number of hydrogen-bond donors (Lipinski definition) is 1. The molecule has 7 nitrogen and oxygen atoms in total. The van der Waals surface area contributed by atoms with Gasteiger partial charge in [0, 0.05) is 45.8 Å². The second-order valence-corrected chi connectivity index (χ2v) is 6.22. The lowest BCUT2D eigenvalue weighted by atomic mass is 10.2. The van der Waals surface area contributed by atoms with Crippen molar-refractivity contribution >= 4 is 29.2 Å². The number of nitrogens with one attached hydrogen (secondary N) is 1. The molecule has 0 aliphatic heterocycles. The summed E-state index contributed by atoms with van der Waals surface area (Å²) in [6, 6.07) is 4.54. The summed E-state index contributed by atoms with van der Waals surface area (Å²) in [5.74, 6) is 0.622. The van der Waals surface area contributed by atoms with Crippen molar-refractivity contribution < 1.29 is 9.59 Å². The summed E-state index contributed by atoms with van der Waals surface area (Å²) in [7, 11) is 5.00. The Kier molecular flexibility index (Phi) is 6.03. The van der Waals surface area contributed by atoms with Gasteiger partial charge in [0.15, 0.2) is 0 Å². The molecule has 0 atom stereocenters. The lowest BCUT2D eigenvalue weighted by Crippen LogP contribution is -2.32. The maximum Gasteiger partial charge on any atom is 0.321 e. The van der Waals surface area contributed by atoms with Gasteiger partial charge < -0.3 is 19.7 Å². The number of imidazole rings is 1. The van der Waals surface area contributed by atoms with Gasteiger partial charge in [0.05, 0.1) is 17.1 Å². The Morgan fingerprint density at radius 2 is 2.00 bits per heavy atom. The molecule has 0 saturated heterocycles. The predicted molar refractivity (Wildman–Crippen MR) is 97.9 cm³/mol. The first-order chi connectivity index (χ1) is 11.8. The van der Waals surface area contributed by atoms with Crippen LogP contribution in [0.1, 0.15) is 23.1 Å². The molecule has 1 aromatic heterocycles. The van der Waals surface area contributed by atoms with Crippen LogP contribution in [0.25, 0.3) is 0 Å². The molecular weight excluding hydrogens is 342 g/mol. The zero-order valence-corrected chi connectivity index (χ0v) is 15.5. The van der Waals surface area contributed by atoms with Gasteiger partial charge in [-0.3, -0.25) is 4.79 Å². The molecule has 0 radical (unpaired) electrons. The van der Waals surface area contributed by atoms with Crippen molar-refractivity contribution in [3.05, 3.63) is 47.0 Å². The number of hydrogen-bond acceptors (Lipinski definition) is 3. The Balaban J connectivity index is 2.05. The Morgan fingerprint density at radius 3 is 2.60 bits per heavy atom. The van der Waals surface area contributed by atoms with Crippen molar-refractivity contribution in [2.24, 2.45) is 0 Å². The maximum atomic E-state index is 12.3. The average Bonchev–Trinajstić information content (AvgIpc) is 3.01. The van der Waals surface area contributed by atoms with E-state index in [-0.39, 0.29) is 11.9 Å². The highest BCUT2D eigenvalue weighted by Crippen LogP contribution is 2.22. The van der Waals surface area contributed by atoms with Crippen LogP contribution >= 0.6 is 11.6 Å². The fraction of sp³-hybridized carbons (Fsp3) is 0.353. The molecule has 0 bridgehead atoms. The summed E-state index contributed by atoms with van der Waals surface area (Å²) in [4.78, 5) is 31.6. The van der Waals surface area contributed by atoms with Gasteiger partial charge in [-0.15, -0.1) is 0 Å². The number of nitrogens with zero attached hydrogens (tertiary/aromatic N) is 4. The van der Waals surface area contributed by atoms with Gasteiger partial charge in [-0.05, 0) is 25.1 Å². The van der Waals surface area contributed by atoms with Crippen molar-refractivity contribution in [1.29, 1.82) is 0 Å².